The van der Waals surface area contributed by atoms with Gasteiger partial charge in [0.2, 0.25) is 6.41 Å². The van der Waals surface area contributed by atoms with E-state index in [0.717, 1.165) is 11.3 Å². The van der Waals surface area contributed by atoms with Crippen molar-refractivity contribution in [3.63, 3.8) is 0 Å². The molecular weight excluding hydrogens is 234 g/mol. The Hall–Kier alpha value is -2.04. The molecule has 0 aromatic heterocycles. The highest BCUT2D eigenvalue weighted by Gasteiger charge is 2.19. The number of ether oxygens (including phenoxy) is 2. The molecule has 18 heavy (non-hydrogen) atoms. The number of amides is 1. The molecule has 0 fully saturated rings. The molecular formula is C13H17NO4. The topological polar surface area (TPSA) is 64.6 Å². The Bertz CT molecular complexity index is 388. The van der Waals surface area contributed by atoms with Crippen LogP contribution in [0.25, 0.3) is 0 Å². The van der Waals surface area contributed by atoms with Crippen molar-refractivity contribution < 1.29 is 19.1 Å². The molecule has 5 heteroatoms. The third-order valence-electron chi connectivity index (χ3n) is 2.44. The van der Waals surface area contributed by atoms with E-state index in [1.807, 2.05) is 12.1 Å². The van der Waals surface area contributed by atoms with E-state index in [4.69, 9.17) is 9.47 Å². The van der Waals surface area contributed by atoms with Crippen LogP contribution in [0.15, 0.2) is 24.3 Å². The Morgan fingerprint density at radius 3 is 2.56 bits per heavy atom. The van der Waals surface area contributed by atoms with Crippen LogP contribution in [0, 0.1) is 0 Å². The second-order valence-electron chi connectivity index (χ2n) is 3.64. The second-order valence-corrected chi connectivity index (χ2v) is 3.64. The van der Waals surface area contributed by atoms with E-state index in [1.165, 1.54) is 0 Å². The molecule has 5 nitrogen and oxygen atoms in total. The zero-order valence-electron chi connectivity index (χ0n) is 10.5. The standard InChI is InChI=1S/C13H17NO4/c1-3-18-13(16)12(14-9-15)8-10-4-6-11(17-2)7-5-10/h4-7,9,12H,3,8H2,1-2H3,(H,14,15)/t12-/m0/s1. The van der Waals surface area contributed by atoms with Crippen molar-refractivity contribution >= 4 is 12.4 Å². The SMILES string of the molecule is CCOC(=O)[C@H](Cc1ccc(OC)cc1)NC=O. The van der Waals surface area contributed by atoms with Crippen molar-refractivity contribution in [2.45, 2.75) is 19.4 Å². The molecule has 1 aromatic rings. The molecule has 1 N–H and O–H groups in total. The fraction of sp³-hybridized carbons (Fsp3) is 0.385. The summed E-state index contributed by atoms with van der Waals surface area (Å²) in [5, 5.41) is 2.46. The van der Waals surface area contributed by atoms with Crippen molar-refractivity contribution in [1.29, 1.82) is 0 Å². The molecule has 0 heterocycles. The number of methoxy groups -OCH3 is 1. The molecule has 1 atom stereocenters. The van der Waals surface area contributed by atoms with Gasteiger partial charge in [0.1, 0.15) is 11.8 Å². The summed E-state index contributed by atoms with van der Waals surface area (Å²) in [4.78, 5) is 22.1. The maximum absolute atomic E-state index is 11.6. The van der Waals surface area contributed by atoms with Crippen LogP contribution in [0.5, 0.6) is 5.75 Å². The number of benzene rings is 1. The quantitative estimate of drug-likeness (QED) is 0.578. The average molecular weight is 251 g/mol. The largest absolute Gasteiger partial charge is 0.497 e. The van der Waals surface area contributed by atoms with Gasteiger partial charge >= 0.3 is 5.97 Å². The van der Waals surface area contributed by atoms with Gasteiger partial charge in [-0.25, -0.2) is 4.79 Å². The van der Waals surface area contributed by atoms with Crippen molar-refractivity contribution in [2.75, 3.05) is 13.7 Å². The van der Waals surface area contributed by atoms with Crippen LogP contribution in [-0.4, -0.2) is 32.1 Å². The fourth-order valence-corrected chi connectivity index (χ4v) is 1.53. The van der Waals surface area contributed by atoms with Crippen molar-refractivity contribution in [3.8, 4) is 5.75 Å². The Morgan fingerprint density at radius 2 is 2.06 bits per heavy atom. The van der Waals surface area contributed by atoms with E-state index in [2.05, 4.69) is 5.32 Å². The first-order valence-electron chi connectivity index (χ1n) is 5.70. The number of hydrogen-bond acceptors (Lipinski definition) is 4. The minimum atomic E-state index is -0.657. The van der Waals surface area contributed by atoms with Crippen LogP contribution in [0.3, 0.4) is 0 Å². The van der Waals surface area contributed by atoms with Gasteiger partial charge < -0.3 is 14.8 Å². The van der Waals surface area contributed by atoms with Gasteiger partial charge in [0, 0.05) is 6.42 Å². The van der Waals surface area contributed by atoms with E-state index in [1.54, 1.807) is 26.2 Å². The van der Waals surface area contributed by atoms with Gasteiger partial charge in [0.05, 0.1) is 13.7 Å². The highest BCUT2D eigenvalue weighted by atomic mass is 16.5. The molecule has 0 saturated carbocycles. The van der Waals surface area contributed by atoms with Crippen LogP contribution in [0.4, 0.5) is 0 Å². The number of hydrogen-bond donors (Lipinski definition) is 1. The van der Waals surface area contributed by atoms with Gasteiger partial charge in [-0.2, -0.15) is 0 Å². The number of rotatable bonds is 7. The van der Waals surface area contributed by atoms with Crippen molar-refractivity contribution in [2.24, 2.45) is 0 Å². The van der Waals surface area contributed by atoms with Crippen LogP contribution in [0.2, 0.25) is 0 Å². The Morgan fingerprint density at radius 1 is 1.39 bits per heavy atom. The molecule has 0 aliphatic carbocycles. The third-order valence-corrected chi connectivity index (χ3v) is 2.44. The van der Waals surface area contributed by atoms with E-state index >= 15 is 0 Å². The minimum Gasteiger partial charge on any atom is -0.497 e. The molecule has 0 spiro atoms. The highest BCUT2D eigenvalue weighted by Crippen LogP contribution is 2.13. The summed E-state index contributed by atoms with van der Waals surface area (Å²) in [5.74, 6) is 0.315. The van der Waals surface area contributed by atoms with Crippen LogP contribution in [-0.2, 0) is 20.7 Å². The lowest BCUT2D eigenvalue weighted by Crippen LogP contribution is -2.39. The molecule has 0 aliphatic heterocycles. The molecule has 1 amide bonds. The first-order chi connectivity index (χ1) is 8.71. The van der Waals surface area contributed by atoms with E-state index in [9.17, 15) is 9.59 Å². The first-order valence-corrected chi connectivity index (χ1v) is 5.70. The smallest absolute Gasteiger partial charge is 0.328 e. The van der Waals surface area contributed by atoms with E-state index in [0.29, 0.717) is 19.4 Å². The van der Waals surface area contributed by atoms with E-state index in [-0.39, 0.29) is 0 Å². The van der Waals surface area contributed by atoms with Gasteiger partial charge in [-0.15, -0.1) is 0 Å². The van der Waals surface area contributed by atoms with Gasteiger partial charge in [-0.1, -0.05) is 12.1 Å². The predicted molar refractivity (Wildman–Crippen MR) is 66.3 cm³/mol. The lowest BCUT2D eigenvalue weighted by atomic mass is 10.1. The molecule has 1 aromatic carbocycles. The van der Waals surface area contributed by atoms with Gasteiger partial charge in [0.15, 0.2) is 0 Å². The third kappa shape index (κ3) is 4.08. The molecule has 0 saturated heterocycles. The summed E-state index contributed by atoms with van der Waals surface area (Å²) in [6, 6.07) is 6.64. The lowest BCUT2D eigenvalue weighted by molar-refractivity contribution is -0.146. The molecule has 0 unspecified atom stereocenters. The number of carbonyl (C=O) groups excluding carboxylic acids is 2. The lowest BCUT2D eigenvalue weighted by Gasteiger charge is -2.14. The first kappa shape index (κ1) is 14.0. The van der Waals surface area contributed by atoms with Crippen LogP contribution >= 0.6 is 0 Å². The number of carbonyl (C=O) groups is 2. The van der Waals surface area contributed by atoms with Gasteiger partial charge in [0.25, 0.3) is 0 Å². The number of nitrogens with one attached hydrogen (secondary N) is 1. The Balaban J connectivity index is 2.69. The normalized spacial score (nSPS) is 11.4. The van der Waals surface area contributed by atoms with Crippen LogP contribution < -0.4 is 10.1 Å². The molecule has 0 aliphatic rings. The predicted octanol–water partition coefficient (Wildman–Crippen LogP) is 0.915. The van der Waals surface area contributed by atoms with Gasteiger partial charge in [-0.3, -0.25) is 4.79 Å². The van der Waals surface area contributed by atoms with Crippen molar-refractivity contribution in [1.82, 2.24) is 5.32 Å². The molecule has 98 valence electrons. The molecule has 0 bridgehead atoms. The number of esters is 1. The fourth-order valence-electron chi connectivity index (χ4n) is 1.53. The second kappa shape index (κ2) is 7.32. The zero-order valence-corrected chi connectivity index (χ0v) is 10.5. The summed E-state index contributed by atoms with van der Waals surface area (Å²) in [6.45, 7) is 2.02. The average Bonchev–Trinajstić information content (AvgIpc) is 2.39. The molecule has 0 radical (unpaired) electrons. The van der Waals surface area contributed by atoms with E-state index < -0.39 is 12.0 Å². The zero-order chi connectivity index (χ0) is 13.4. The maximum atomic E-state index is 11.6. The van der Waals surface area contributed by atoms with Gasteiger partial charge in [-0.05, 0) is 24.6 Å². The van der Waals surface area contributed by atoms with Crippen molar-refractivity contribution in [3.05, 3.63) is 29.8 Å². The summed E-state index contributed by atoms with van der Waals surface area (Å²) in [5.41, 5.74) is 0.920. The maximum Gasteiger partial charge on any atom is 0.328 e. The summed E-state index contributed by atoms with van der Waals surface area (Å²) in [6.07, 6.45) is 0.896. The summed E-state index contributed by atoms with van der Waals surface area (Å²) < 4.78 is 9.93. The highest BCUT2D eigenvalue weighted by molar-refractivity contribution is 5.78. The molecule has 1 rings (SSSR count). The summed E-state index contributed by atoms with van der Waals surface area (Å²) >= 11 is 0. The Labute approximate surface area is 106 Å². The Kier molecular flexibility index (Phi) is 5.70. The summed E-state index contributed by atoms with van der Waals surface area (Å²) in [7, 11) is 1.59. The monoisotopic (exact) mass is 251 g/mol. The minimum absolute atomic E-state index is 0.290. The van der Waals surface area contributed by atoms with Crippen LogP contribution in [0.1, 0.15) is 12.5 Å².